The van der Waals surface area contributed by atoms with Gasteiger partial charge in [0.15, 0.2) is 5.84 Å². The Labute approximate surface area is 125 Å². The molecule has 0 aliphatic heterocycles. The van der Waals surface area contributed by atoms with E-state index in [0.29, 0.717) is 27.6 Å². The number of rotatable bonds is 4. The van der Waals surface area contributed by atoms with Gasteiger partial charge in [-0.2, -0.15) is 0 Å². The molecule has 2 rings (SSSR count). The second kappa shape index (κ2) is 6.23. The predicted octanol–water partition coefficient (Wildman–Crippen LogP) is 1.81. The van der Waals surface area contributed by atoms with Gasteiger partial charge in [-0.25, -0.2) is 4.98 Å². The normalized spacial score (nSPS) is 11.2. The van der Waals surface area contributed by atoms with Crippen LogP contribution in [0.4, 0.5) is 5.69 Å². The summed E-state index contributed by atoms with van der Waals surface area (Å²) in [6.45, 7) is 1.75. The van der Waals surface area contributed by atoms with Gasteiger partial charge in [0.05, 0.1) is 24.0 Å². The molecule has 4 N–H and O–H groups in total. The van der Waals surface area contributed by atoms with Crippen molar-refractivity contribution in [2.75, 3.05) is 12.4 Å². The standard InChI is InChI=1S/C13H14N4O3S/c1-7-11(21-6-15-7)13(18)16-10-8(12(14)17-19)4-3-5-9(10)20-2/h3-6,19H,1-2H3,(H2,14,17)(H,16,18). The first-order valence-electron chi connectivity index (χ1n) is 5.94. The SMILES string of the molecule is COc1cccc(/C(N)=N/O)c1NC(=O)c1scnc1C. The molecule has 0 aliphatic carbocycles. The minimum absolute atomic E-state index is 0.120. The Morgan fingerprint density at radius 2 is 2.29 bits per heavy atom. The zero-order valence-electron chi connectivity index (χ0n) is 11.5. The summed E-state index contributed by atoms with van der Waals surface area (Å²) < 4.78 is 5.21. The molecule has 0 saturated carbocycles. The summed E-state index contributed by atoms with van der Waals surface area (Å²) in [5.74, 6) is -0.0358. The lowest BCUT2D eigenvalue weighted by atomic mass is 10.1. The number of carbonyl (C=O) groups is 1. The molecular weight excluding hydrogens is 292 g/mol. The Bertz CT molecular complexity index is 696. The number of methoxy groups -OCH3 is 1. The smallest absolute Gasteiger partial charge is 0.267 e. The van der Waals surface area contributed by atoms with E-state index in [1.165, 1.54) is 18.4 Å². The molecule has 2 aromatic rings. The fourth-order valence-corrected chi connectivity index (χ4v) is 2.49. The number of amides is 1. The van der Waals surface area contributed by atoms with Crippen molar-refractivity contribution in [1.82, 2.24) is 4.98 Å². The third-order valence-electron chi connectivity index (χ3n) is 2.82. The first-order chi connectivity index (χ1) is 10.1. The molecule has 110 valence electrons. The highest BCUT2D eigenvalue weighted by atomic mass is 32.1. The summed E-state index contributed by atoms with van der Waals surface area (Å²) >= 11 is 1.24. The first-order valence-corrected chi connectivity index (χ1v) is 6.82. The summed E-state index contributed by atoms with van der Waals surface area (Å²) in [6.07, 6.45) is 0. The highest BCUT2D eigenvalue weighted by molar-refractivity contribution is 7.12. The van der Waals surface area contributed by atoms with E-state index in [9.17, 15) is 4.79 Å². The number of nitrogens with one attached hydrogen (secondary N) is 1. The van der Waals surface area contributed by atoms with Crippen molar-refractivity contribution < 1.29 is 14.7 Å². The van der Waals surface area contributed by atoms with Crippen LogP contribution in [-0.4, -0.2) is 29.0 Å². The van der Waals surface area contributed by atoms with E-state index < -0.39 is 0 Å². The highest BCUT2D eigenvalue weighted by Crippen LogP contribution is 2.29. The van der Waals surface area contributed by atoms with E-state index in [-0.39, 0.29) is 11.7 Å². The predicted molar refractivity (Wildman–Crippen MR) is 80.3 cm³/mol. The third-order valence-corrected chi connectivity index (χ3v) is 3.75. The van der Waals surface area contributed by atoms with Gasteiger partial charge in [0, 0.05) is 5.56 Å². The van der Waals surface area contributed by atoms with E-state index in [1.54, 1.807) is 30.6 Å². The third kappa shape index (κ3) is 2.95. The van der Waals surface area contributed by atoms with Crippen molar-refractivity contribution in [3.63, 3.8) is 0 Å². The van der Waals surface area contributed by atoms with Crippen molar-refractivity contribution in [3.8, 4) is 5.75 Å². The number of hydrogen-bond acceptors (Lipinski definition) is 6. The lowest BCUT2D eigenvalue weighted by Gasteiger charge is -2.13. The van der Waals surface area contributed by atoms with Crippen molar-refractivity contribution in [3.05, 3.63) is 39.8 Å². The molecule has 0 atom stereocenters. The van der Waals surface area contributed by atoms with Crippen molar-refractivity contribution in [2.24, 2.45) is 10.9 Å². The molecule has 0 aliphatic rings. The lowest BCUT2D eigenvalue weighted by Crippen LogP contribution is -2.19. The number of aromatic nitrogens is 1. The second-order valence-electron chi connectivity index (χ2n) is 4.09. The number of anilines is 1. The fraction of sp³-hybridized carbons (Fsp3) is 0.154. The minimum Gasteiger partial charge on any atom is -0.495 e. The summed E-state index contributed by atoms with van der Waals surface area (Å²) in [6, 6.07) is 4.97. The van der Waals surface area contributed by atoms with Gasteiger partial charge in [0.2, 0.25) is 0 Å². The zero-order valence-corrected chi connectivity index (χ0v) is 12.3. The number of carbonyl (C=O) groups excluding carboxylic acids is 1. The van der Waals surface area contributed by atoms with Gasteiger partial charge in [-0.15, -0.1) is 11.3 Å². The van der Waals surface area contributed by atoms with Crippen LogP contribution < -0.4 is 15.8 Å². The van der Waals surface area contributed by atoms with Crippen LogP contribution in [0, 0.1) is 6.92 Å². The Morgan fingerprint density at radius 3 is 2.86 bits per heavy atom. The maximum absolute atomic E-state index is 12.3. The molecule has 0 unspecified atom stereocenters. The molecule has 1 aromatic heterocycles. The average Bonchev–Trinajstić information content (AvgIpc) is 2.92. The van der Waals surface area contributed by atoms with Crippen LogP contribution >= 0.6 is 11.3 Å². The van der Waals surface area contributed by atoms with E-state index >= 15 is 0 Å². The Kier molecular flexibility index (Phi) is 4.39. The van der Waals surface area contributed by atoms with Crippen LogP contribution in [0.15, 0.2) is 28.9 Å². The van der Waals surface area contributed by atoms with Crippen LogP contribution in [-0.2, 0) is 0 Å². The van der Waals surface area contributed by atoms with Gasteiger partial charge in [-0.1, -0.05) is 11.2 Å². The molecule has 1 amide bonds. The van der Waals surface area contributed by atoms with Gasteiger partial charge in [0.1, 0.15) is 10.6 Å². The molecule has 21 heavy (non-hydrogen) atoms. The van der Waals surface area contributed by atoms with Crippen molar-refractivity contribution in [1.29, 1.82) is 0 Å². The maximum Gasteiger partial charge on any atom is 0.267 e. The number of ether oxygens (including phenoxy) is 1. The average molecular weight is 306 g/mol. The van der Waals surface area contributed by atoms with E-state index in [2.05, 4.69) is 15.5 Å². The number of hydrogen-bond donors (Lipinski definition) is 3. The number of thiazole rings is 1. The number of nitrogens with two attached hydrogens (primary N) is 1. The second-order valence-corrected chi connectivity index (χ2v) is 4.94. The van der Waals surface area contributed by atoms with E-state index in [0.717, 1.165) is 0 Å². The minimum atomic E-state index is -0.327. The Hall–Kier alpha value is -2.61. The van der Waals surface area contributed by atoms with Crippen molar-refractivity contribution >= 4 is 28.8 Å². The molecule has 1 aromatic carbocycles. The first kappa shape index (κ1) is 14.8. The lowest BCUT2D eigenvalue weighted by molar-refractivity contribution is 0.102. The van der Waals surface area contributed by atoms with Gasteiger partial charge < -0.3 is 21.0 Å². The molecular formula is C13H14N4O3S. The van der Waals surface area contributed by atoms with Crippen LogP contribution in [0.25, 0.3) is 0 Å². The van der Waals surface area contributed by atoms with E-state index in [1.807, 2.05) is 0 Å². The summed E-state index contributed by atoms with van der Waals surface area (Å²) in [7, 11) is 1.47. The topological polar surface area (TPSA) is 110 Å². The number of nitrogens with zero attached hydrogens (tertiary/aromatic N) is 2. The summed E-state index contributed by atoms with van der Waals surface area (Å²) in [5.41, 5.74) is 8.57. The van der Waals surface area contributed by atoms with Crippen LogP contribution in [0.2, 0.25) is 0 Å². The van der Waals surface area contributed by atoms with Crippen LogP contribution in [0.3, 0.4) is 0 Å². The summed E-state index contributed by atoms with van der Waals surface area (Å²) in [4.78, 5) is 16.8. The Morgan fingerprint density at radius 1 is 1.52 bits per heavy atom. The zero-order chi connectivity index (χ0) is 15.4. The van der Waals surface area contributed by atoms with E-state index in [4.69, 9.17) is 15.7 Å². The monoisotopic (exact) mass is 306 g/mol. The van der Waals surface area contributed by atoms with Gasteiger partial charge >= 0.3 is 0 Å². The number of benzene rings is 1. The number of oxime groups is 1. The maximum atomic E-state index is 12.3. The molecule has 8 heteroatoms. The van der Waals surface area contributed by atoms with Crippen molar-refractivity contribution in [2.45, 2.75) is 6.92 Å². The molecule has 1 heterocycles. The van der Waals surface area contributed by atoms with Gasteiger partial charge in [-0.3, -0.25) is 4.79 Å². The van der Waals surface area contributed by atoms with Crippen LogP contribution in [0.5, 0.6) is 5.75 Å². The van der Waals surface area contributed by atoms with Crippen LogP contribution in [0.1, 0.15) is 20.9 Å². The quantitative estimate of drug-likeness (QED) is 0.345. The Balaban J connectivity index is 2.43. The summed E-state index contributed by atoms with van der Waals surface area (Å²) in [5, 5.41) is 14.5. The largest absolute Gasteiger partial charge is 0.495 e. The molecule has 0 bridgehead atoms. The molecule has 0 fully saturated rings. The molecule has 0 saturated heterocycles. The molecule has 7 nitrogen and oxygen atoms in total. The molecule has 0 spiro atoms. The van der Waals surface area contributed by atoms with Gasteiger partial charge in [-0.05, 0) is 19.1 Å². The number of para-hydroxylation sites is 1. The highest BCUT2D eigenvalue weighted by Gasteiger charge is 2.18. The molecule has 0 radical (unpaired) electrons. The number of aryl methyl sites for hydroxylation is 1. The number of amidine groups is 1. The van der Waals surface area contributed by atoms with Gasteiger partial charge in [0.25, 0.3) is 5.91 Å². The fourth-order valence-electron chi connectivity index (χ4n) is 1.79.